The molecule has 1 aliphatic carbocycles. The van der Waals surface area contributed by atoms with Crippen molar-refractivity contribution < 1.29 is 9.13 Å². The Labute approximate surface area is 142 Å². The van der Waals surface area contributed by atoms with Crippen LogP contribution in [0.1, 0.15) is 23.3 Å². The highest BCUT2D eigenvalue weighted by Crippen LogP contribution is 2.34. The Kier molecular flexibility index (Phi) is 4.06. The Balaban J connectivity index is 1.44. The summed E-state index contributed by atoms with van der Waals surface area (Å²) in [6.07, 6.45) is 5.52. The average Bonchev–Trinajstić information content (AvgIpc) is 3.16. The van der Waals surface area contributed by atoms with E-state index >= 15 is 0 Å². The molecule has 0 radical (unpaired) electrons. The lowest BCUT2D eigenvalue weighted by Gasteiger charge is -2.08. The van der Waals surface area contributed by atoms with Gasteiger partial charge in [0.1, 0.15) is 16.4 Å². The minimum absolute atomic E-state index is 0.0567. The summed E-state index contributed by atoms with van der Waals surface area (Å²) in [6.45, 7) is 1.03. The molecule has 124 valence electrons. The lowest BCUT2D eigenvalue weighted by Crippen LogP contribution is -2.21. The number of aromatic nitrogens is 2. The second kappa shape index (κ2) is 6.36. The molecule has 0 saturated heterocycles. The molecular formula is C18H17FN2O2S. The summed E-state index contributed by atoms with van der Waals surface area (Å²) in [4.78, 5) is 19.3. The fraction of sp³-hybridized carbons (Fsp3) is 0.333. The van der Waals surface area contributed by atoms with Crippen LogP contribution in [-0.2, 0) is 19.4 Å². The predicted molar refractivity (Wildman–Crippen MR) is 92.4 cm³/mol. The largest absolute Gasteiger partial charge is 0.494 e. The number of thiophene rings is 1. The molecule has 1 aliphatic rings. The molecule has 0 N–H and O–H groups in total. The smallest absolute Gasteiger partial charge is 0.262 e. The highest BCUT2D eigenvalue weighted by molar-refractivity contribution is 7.18. The highest BCUT2D eigenvalue weighted by atomic mass is 32.1. The van der Waals surface area contributed by atoms with Gasteiger partial charge in [-0.25, -0.2) is 9.37 Å². The molecule has 1 aromatic carbocycles. The van der Waals surface area contributed by atoms with Crippen LogP contribution in [0.3, 0.4) is 0 Å². The van der Waals surface area contributed by atoms with Crippen LogP contribution in [-0.4, -0.2) is 16.2 Å². The standard InChI is InChI=1S/C18H17FN2O2S/c19-12-5-7-13(8-6-12)23-10-2-9-21-11-20-17-16(18(21)22)14-3-1-4-15(14)24-17/h5-8,11H,1-4,9-10H2. The molecule has 0 unspecified atom stereocenters. The van der Waals surface area contributed by atoms with E-state index in [4.69, 9.17) is 4.74 Å². The molecule has 0 aliphatic heterocycles. The minimum Gasteiger partial charge on any atom is -0.494 e. The minimum atomic E-state index is -0.281. The lowest BCUT2D eigenvalue weighted by atomic mass is 10.2. The zero-order valence-corrected chi connectivity index (χ0v) is 13.9. The third-order valence-corrected chi connectivity index (χ3v) is 5.52. The van der Waals surface area contributed by atoms with E-state index in [9.17, 15) is 9.18 Å². The first-order valence-electron chi connectivity index (χ1n) is 8.10. The van der Waals surface area contributed by atoms with Gasteiger partial charge in [0.2, 0.25) is 0 Å². The average molecular weight is 344 g/mol. The van der Waals surface area contributed by atoms with Crippen molar-refractivity contribution in [3.05, 3.63) is 57.2 Å². The molecule has 24 heavy (non-hydrogen) atoms. The van der Waals surface area contributed by atoms with Crippen LogP contribution in [0.15, 0.2) is 35.4 Å². The summed E-state index contributed by atoms with van der Waals surface area (Å²) in [6, 6.07) is 5.94. The van der Waals surface area contributed by atoms with Gasteiger partial charge in [-0.2, -0.15) is 0 Å². The maximum Gasteiger partial charge on any atom is 0.262 e. The van der Waals surface area contributed by atoms with E-state index in [1.54, 1.807) is 34.4 Å². The lowest BCUT2D eigenvalue weighted by molar-refractivity contribution is 0.300. The van der Waals surface area contributed by atoms with Gasteiger partial charge in [-0.15, -0.1) is 11.3 Å². The first-order valence-corrected chi connectivity index (χ1v) is 8.92. The molecule has 3 aromatic rings. The van der Waals surface area contributed by atoms with Crippen molar-refractivity contribution in [3.8, 4) is 5.75 Å². The summed E-state index contributed by atoms with van der Waals surface area (Å²) < 4.78 is 20.1. The molecule has 2 heterocycles. The molecule has 0 fully saturated rings. The summed E-state index contributed by atoms with van der Waals surface area (Å²) >= 11 is 1.66. The zero-order chi connectivity index (χ0) is 16.5. The van der Waals surface area contributed by atoms with Crippen LogP contribution in [0, 0.1) is 5.82 Å². The fourth-order valence-corrected chi connectivity index (χ4v) is 4.35. The number of nitrogens with zero attached hydrogens (tertiary/aromatic N) is 2. The van der Waals surface area contributed by atoms with Gasteiger partial charge in [-0.05, 0) is 55.5 Å². The van der Waals surface area contributed by atoms with Gasteiger partial charge >= 0.3 is 0 Å². The van der Waals surface area contributed by atoms with Crippen molar-refractivity contribution in [2.45, 2.75) is 32.2 Å². The summed E-state index contributed by atoms with van der Waals surface area (Å²) in [5.74, 6) is 0.351. The fourth-order valence-electron chi connectivity index (χ4n) is 3.13. The van der Waals surface area contributed by atoms with Gasteiger partial charge in [-0.1, -0.05) is 0 Å². The van der Waals surface area contributed by atoms with Gasteiger partial charge in [0.15, 0.2) is 0 Å². The molecule has 4 rings (SSSR count). The van der Waals surface area contributed by atoms with Gasteiger partial charge in [0, 0.05) is 11.4 Å². The summed E-state index contributed by atoms with van der Waals surface area (Å²) in [5.41, 5.74) is 1.27. The molecular weight excluding hydrogens is 327 g/mol. The normalized spacial score (nSPS) is 13.4. The van der Waals surface area contributed by atoms with E-state index in [-0.39, 0.29) is 11.4 Å². The monoisotopic (exact) mass is 344 g/mol. The van der Waals surface area contributed by atoms with Crippen molar-refractivity contribution in [2.75, 3.05) is 6.61 Å². The van der Waals surface area contributed by atoms with Crippen molar-refractivity contribution >= 4 is 21.6 Å². The molecule has 0 atom stereocenters. The van der Waals surface area contributed by atoms with E-state index in [2.05, 4.69) is 4.98 Å². The second-order valence-corrected chi connectivity index (χ2v) is 7.02. The Bertz CT molecular complexity index is 931. The molecule has 0 saturated carbocycles. The van der Waals surface area contributed by atoms with Crippen LogP contribution >= 0.6 is 11.3 Å². The maximum atomic E-state index is 12.8. The van der Waals surface area contributed by atoms with Crippen LogP contribution in [0.5, 0.6) is 5.75 Å². The Hall–Kier alpha value is -2.21. The van der Waals surface area contributed by atoms with E-state index in [1.807, 2.05) is 0 Å². The molecule has 2 aromatic heterocycles. The van der Waals surface area contributed by atoms with Gasteiger partial charge < -0.3 is 4.74 Å². The van der Waals surface area contributed by atoms with Gasteiger partial charge in [0.25, 0.3) is 5.56 Å². The van der Waals surface area contributed by atoms with Crippen molar-refractivity contribution in [1.29, 1.82) is 0 Å². The Morgan fingerprint density at radius 2 is 2.08 bits per heavy atom. The van der Waals surface area contributed by atoms with Crippen molar-refractivity contribution in [1.82, 2.24) is 9.55 Å². The second-order valence-electron chi connectivity index (χ2n) is 5.94. The number of hydrogen-bond donors (Lipinski definition) is 0. The van der Waals surface area contributed by atoms with Gasteiger partial charge in [0.05, 0.1) is 18.3 Å². The number of ether oxygens (including phenoxy) is 1. The third-order valence-electron chi connectivity index (χ3n) is 4.32. The number of hydrogen-bond acceptors (Lipinski definition) is 4. The summed E-state index contributed by atoms with van der Waals surface area (Å²) in [5, 5.41) is 0.814. The first-order chi connectivity index (χ1) is 11.7. The van der Waals surface area contributed by atoms with E-state index in [0.29, 0.717) is 25.3 Å². The quantitative estimate of drug-likeness (QED) is 0.665. The number of halogens is 1. The Morgan fingerprint density at radius 3 is 2.92 bits per heavy atom. The van der Waals surface area contributed by atoms with Crippen LogP contribution in [0.4, 0.5) is 4.39 Å². The van der Waals surface area contributed by atoms with Crippen molar-refractivity contribution in [2.24, 2.45) is 0 Å². The number of rotatable bonds is 5. The van der Waals surface area contributed by atoms with Gasteiger partial charge in [-0.3, -0.25) is 9.36 Å². The SMILES string of the molecule is O=c1c2c3c(sc2ncn1CCCOc1ccc(F)cc1)CCC3. The maximum absolute atomic E-state index is 12.8. The van der Waals surface area contributed by atoms with E-state index in [0.717, 1.165) is 29.5 Å². The highest BCUT2D eigenvalue weighted by Gasteiger charge is 2.21. The Morgan fingerprint density at radius 1 is 1.25 bits per heavy atom. The number of aryl methyl sites for hydroxylation is 3. The zero-order valence-electron chi connectivity index (χ0n) is 13.1. The number of benzene rings is 1. The molecule has 0 bridgehead atoms. The third kappa shape index (κ3) is 2.82. The molecule has 0 amide bonds. The molecule has 4 nitrogen and oxygen atoms in total. The molecule has 0 spiro atoms. The van der Waals surface area contributed by atoms with Crippen LogP contribution < -0.4 is 10.3 Å². The van der Waals surface area contributed by atoms with Crippen molar-refractivity contribution in [3.63, 3.8) is 0 Å². The predicted octanol–water partition coefficient (Wildman–Crippen LogP) is 3.55. The summed E-state index contributed by atoms with van der Waals surface area (Å²) in [7, 11) is 0. The first kappa shape index (κ1) is 15.3. The topological polar surface area (TPSA) is 44.1 Å². The van der Waals surface area contributed by atoms with Crippen LogP contribution in [0.25, 0.3) is 10.2 Å². The number of fused-ring (bicyclic) bond motifs is 3. The molecule has 6 heteroatoms. The van der Waals surface area contributed by atoms with Crippen LogP contribution in [0.2, 0.25) is 0 Å². The van der Waals surface area contributed by atoms with E-state index in [1.165, 1.54) is 22.6 Å². The van der Waals surface area contributed by atoms with E-state index < -0.39 is 0 Å².